The highest BCUT2D eigenvalue weighted by molar-refractivity contribution is 4.81. The van der Waals surface area contributed by atoms with E-state index in [-0.39, 0.29) is 11.5 Å². The standard InChI is InChI=1S/C14H26N2O/c1-14(2,8-5-9-15)11-16-10-13(17)12-6-3-4-7-12/h12-13,16-17H,3-8,10-11H2,1-2H3. The molecule has 1 rings (SSSR count). The minimum atomic E-state index is -0.190. The van der Waals surface area contributed by atoms with Gasteiger partial charge in [0, 0.05) is 19.5 Å². The molecule has 0 heterocycles. The summed E-state index contributed by atoms with van der Waals surface area (Å²) in [6.45, 7) is 5.90. The fourth-order valence-corrected chi connectivity index (χ4v) is 2.55. The third kappa shape index (κ3) is 5.52. The molecule has 0 aliphatic heterocycles. The quantitative estimate of drug-likeness (QED) is 0.716. The second-order valence-electron chi connectivity index (χ2n) is 6.07. The number of aliphatic hydroxyl groups excluding tert-OH is 1. The van der Waals surface area contributed by atoms with E-state index in [1.165, 1.54) is 25.7 Å². The summed E-state index contributed by atoms with van der Waals surface area (Å²) in [5.74, 6) is 0.504. The molecule has 0 aromatic carbocycles. The van der Waals surface area contributed by atoms with Crippen molar-refractivity contribution in [3.8, 4) is 6.07 Å². The van der Waals surface area contributed by atoms with Gasteiger partial charge in [-0.1, -0.05) is 26.7 Å². The van der Waals surface area contributed by atoms with E-state index in [9.17, 15) is 5.11 Å². The molecule has 2 N–H and O–H groups in total. The van der Waals surface area contributed by atoms with Gasteiger partial charge in [-0.05, 0) is 30.6 Å². The number of hydrogen-bond acceptors (Lipinski definition) is 3. The molecular formula is C14H26N2O. The maximum absolute atomic E-state index is 10.0. The van der Waals surface area contributed by atoms with Crippen LogP contribution in [0.15, 0.2) is 0 Å². The van der Waals surface area contributed by atoms with Crippen molar-refractivity contribution in [3.63, 3.8) is 0 Å². The summed E-state index contributed by atoms with van der Waals surface area (Å²) in [7, 11) is 0. The van der Waals surface area contributed by atoms with Gasteiger partial charge in [0.25, 0.3) is 0 Å². The molecule has 3 nitrogen and oxygen atoms in total. The van der Waals surface area contributed by atoms with E-state index in [4.69, 9.17) is 5.26 Å². The van der Waals surface area contributed by atoms with Crippen LogP contribution in [0.1, 0.15) is 52.4 Å². The molecule has 3 heteroatoms. The van der Waals surface area contributed by atoms with Crippen molar-refractivity contribution in [2.75, 3.05) is 13.1 Å². The van der Waals surface area contributed by atoms with Crippen LogP contribution in [0.2, 0.25) is 0 Å². The number of nitrogens with one attached hydrogen (secondary N) is 1. The minimum Gasteiger partial charge on any atom is -0.392 e. The number of aliphatic hydroxyl groups is 1. The van der Waals surface area contributed by atoms with Gasteiger partial charge in [-0.25, -0.2) is 0 Å². The molecular weight excluding hydrogens is 212 g/mol. The van der Waals surface area contributed by atoms with E-state index in [1.54, 1.807) is 0 Å². The molecule has 0 spiro atoms. The lowest BCUT2D eigenvalue weighted by atomic mass is 9.88. The van der Waals surface area contributed by atoms with Crippen LogP contribution in [-0.4, -0.2) is 24.3 Å². The fraction of sp³-hybridized carbons (Fsp3) is 0.929. The number of nitriles is 1. The van der Waals surface area contributed by atoms with Gasteiger partial charge >= 0.3 is 0 Å². The van der Waals surface area contributed by atoms with Crippen molar-refractivity contribution in [1.29, 1.82) is 5.26 Å². The van der Waals surface area contributed by atoms with Crippen molar-refractivity contribution in [2.24, 2.45) is 11.3 Å². The summed E-state index contributed by atoms with van der Waals surface area (Å²) >= 11 is 0. The zero-order valence-corrected chi connectivity index (χ0v) is 11.2. The van der Waals surface area contributed by atoms with Crippen LogP contribution in [0, 0.1) is 22.7 Å². The maximum Gasteiger partial charge on any atom is 0.0692 e. The third-order valence-corrected chi connectivity index (χ3v) is 3.81. The molecule has 1 atom stereocenters. The van der Waals surface area contributed by atoms with E-state index in [1.807, 2.05) is 0 Å². The Hall–Kier alpha value is -0.590. The molecule has 0 radical (unpaired) electrons. The highest BCUT2D eigenvalue weighted by Gasteiger charge is 2.23. The van der Waals surface area contributed by atoms with Crippen LogP contribution in [0.4, 0.5) is 0 Å². The Bertz CT molecular complexity index is 251. The van der Waals surface area contributed by atoms with Crippen molar-refractivity contribution in [2.45, 2.75) is 58.5 Å². The SMILES string of the molecule is CC(C)(CCC#N)CNCC(O)C1CCCC1. The minimum absolute atomic E-state index is 0.144. The van der Waals surface area contributed by atoms with Gasteiger partial charge in [0.2, 0.25) is 0 Å². The zero-order valence-electron chi connectivity index (χ0n) is 11.2. The molecule has 1 unspecified atom stereocenters. The molecule has 0 aromatic rings. The second kappa shape index (κ2) is 6.98. The summed E-state index contributed by atoms with van der Waals surface area (Å²) in [4.78, 5) is 0. The van der Waals surface area contributed by atoms with Crippen molar-refractivity contribution in [3.05, 3.63) is 0 Å². The molecule has 1 aliphatic carbocycles. The Balaban J connectivity index is 2.15. The van der Waals surface area contributed by atoms with Crippen LogP contribution >= 0.6 is 0 Å². The van der Waals surface area contributed by atoms with Crippen LogP contribution in [-0.2, 0) is 0 Å². The normalized spacial score (nSPS) is 19.2. The first-order chi connectivity index (χ1) is 8.05. The van der Waals surface area contributed by atoms with Crippen molar-refractivity contribution < 1.29 is 5.11 Å². The van der Waals surface area contributed by atoms with Gasteiger partial charge in [-0.15, -0.1) is 0 Å². The molecule has 0 aromatic heterocycles. The topological polar surface area (TPSA) is 56.0 Å². The number of hydrogen-bond donors (Lipinski definition) is 2. The van der Waals surface area contributed by atoms with E-state index < -0.39 is 0 Å². The predicted octanol–water partition coefficient (Wildman–Crippen LogP) is 2.46. The highest BCUT2D eigenvalue weighted by Crippen LogP contribution is 2.27. The Morgan fingerprint density at radius 1 is 1.41 bits per heavy atom. The van der Waals surface area contributed by atoms with Gasteiger partial charge in [0.15, 0.2) is 0 Å². The maximum atomic E-state index is 10.0. The van der Waals surface area contributed by atoms with Crippen LogP contribution in [0.3, 0.4) is 0 Å². The van der Waals surface area contributed by atoms with Gasteiger partial charge in [0.1, 0.15) is 0 Å². The Morgan fingerprint density at radius 2 is 2.06 bits per heavy atom. The molecule has 1 fully saturated rings. The van der Waals surface area contributed by atoms with Gasteiger partial charge in [-0.3, -0.25) is 0 Å². The largest absolute Gasteiger partial charge is 0.392 e. The summed E-state index contributed by atoms with van der Waals surface area (Å²) in [6.07, 6.45) is 6.24. The summed E-state index contributed by atoms with van der Waals surface area (Å²) in [6, 6.07) is 2.19. The highest BCUT2D eigenvalue weighted by atomic mass is 16.3. The smallest absolute Gasteiger partial charge is 0.0692 e. The average molecular weight is 238 g/mol. The Morgan fingerprint density at radius 3 is 2.65 bits per heavy atom. The van der Waals surface area contributed by atoms with Crippen LogP contribution < -0.4 is 5.32 Å². The Kier molecular flexibility index (Phi) is 5.94. The summed E-state index contributed by atoms with van der Waals surface area (Å²) < 4.78 is 0. The monoisotopic (exact) mass is 238 g/mol. The van der Waals surface area contributed by atoms with Crippen molar-refractivity contribution >= 4 is 0 Å². The first kappa shape index (κ1) is 14.5. The fourth-order valence-electron chi connectivity index (χ4n) is 2.55. The first-order valence-electron chi connectivity index (χ1n) is 6.81. The summed E-state index contributed by atoms with van der Waals surface area (Å²) in [5, 5.41) is 21.9. The summed E-state index contributed by atoms with van der Waals surface area (Å²) in [5.41, 5.74) is 0.144. The van der Waals surface area contributed by atoms with Crippen LogP contribution in [0.5, 0.6) is 0 Å². The lowest BCUT2D eigenvalue weighted by Gasteiger charge is -2.26. The molecule has 0 bridgehead atoms. The average Bonchev–Trinajstić information content (AvgIpc) is 2.79. The molecule has 0 amide bonds. The van der Waals surface area contributed by atoms with Gasteiger partial charge in [0.05, 0.1) is 12.2 Å². The zero-order chi connectivity index (χ0) is 12.7. The van der Waals surface area contributed by atoms with E-state index in [2.05, 4.69) is 25.2 Å². The lowest BCUT2D eigenvalue weighted by Crippen LogP contribution is -2.37. The number of rotatable bonds is 7. The third-order valence-electron chi connectivity index (χ3n) is 3.81. The first-order valence-corrected chi connectivity index (χ1v) is 6.81. The van der Waals surface area contributed by atoms with Crippen LogP contribution in [0.25, 0.3) is 0 Å². The molecule has 0 saturated heterocycles. The Labute approximate surface area is 105 Å². The van der Waals surface area contributed by atoms with Gasteiger partial charge in [-0.2, -0.15) is 5.26 Å². The molecule has 98 valence electrons. The molecule has 1 aliphatic rings. The number of nitrogens with zero attached hydrogens (tertiary/aromatic N) is 1. The second-order valence-corrected chi connectivity index (χ2v) is 6.07. The molecule has 1 saturated carbocycles. The van der Waals surface area contributed by atoms with E-state index >= 15 is 0 Å². The lowest BCUT2D eigenvalue weighted by molar-refractivity contribution is 0.106. The molecule has 17 heavy (non-hydrogen) atoms. The predicted molar refractivity (Wildman–Crippen MR) is 69.5 cm³/mol. The van der Waals surface area contributed by atoms with E-state index in [0.29, 0.717) is 18.9 Å². The van der Waals surface area contributed by atoms with Gasteiger partial charge < -0.3 is 10.4 Å². The van der Waals surface area contributed by atoms with E-state index in [0.717, 1.165) is 13.0 Å². The van der Waals surface area contributed by atoms with Crippen molar-refractivity contribution in [1.82, 2.24) is 5.32 Å².